The zero-order chi connectivity index (χ0) is 14.1. The predicted octanol–water partition coefficient (Wildman–Crippen LogP) is 2.01. The van der Waals surface area contributed by atoms with Gasteiger partial charge in [0.15, 0.2) is 0 Å². The standard InChI is InChI=1S/C15H18N2O3/c18-14(19)13-8-11-6-1-2-7-12(11)17(13)15(20)16-9-10-4-3-5-10/h1-2,6-7,10,13H,3-5,8-9H2,(H,16,20)(H,18,19). The van der Waals surface area contributed by atoms with Crippen LogP contribution in [0.2, 0.25) is 0 Å². The van der Waals surface area contributed by atoms with Crippen molar-refractivity contribution in [2.75, 3.05) is 11.4 Å². The summed E-state index contributed by atoms with van der Waals surface area (Å²) in [5, 5.41) is 12.2. The van der Waals surface area contributed by atoms with Crippen LogP contribution in [-0.2, 0) is 11.2 Å². The minimum Gasteiger partial charge on any atom is -0.480 e. The number of hydrogen-bond acceptors (Lipinski definition) is 2. The van der Waals surface area contributed by atoms with Crippen LogP contribution in [0.1, 0.15) is 24.8 Å². The van der Waals surface area contributed by atoms with Gasteiger partial charge in [0.2, 0.25) is 0 Å². The molecule has 1 aromatic carbocycles. The molecule has 5 nitrogen and oxygen atoms in total. The second-order valence-electron chi connectivity index (χ2n) is 5.54. The lowest BCUT2D eigenvalue weighted by Gasteiger charge is -2.28. The minimum absolute atomic E-state index is 0.297. The average Bonchev–Trinajstić information content (AvgIpc) is 2.76. The van der Waals surface area contributed by atoms with Crippen LogP contribution >= 0.6 is 0 Å². The second-order valence-corrected chi connectivity index (χ2v) is 5.54. The van der Waals surface area contributed by atoms with Gasteiger partial charge < -0.3 is 10.4 Å². The molecule has 0 aromatic heterocycles. The molecule has 1 heterocycles. The fourth-order valence-corrected chi connectivity index (χ4v) is 2.85. The molecule has 1 saturated carbocycles. The van der Waals surface area contributed by atoms with Crippen LogP contribution in [0.15, 0.2) is 24.3 Å². The lowest BCUT2D eigenvalue weighted by molar-refractivity contribution is -0.138. The van der Waals surface area contributed by atoms with Crippen LogP contribution in [0.5, 0.6) is 0 Å². The Bertz CT molecular complexity index is 540. The van der Waals surface area contributed by atoms with Crippen LogP contribution in [0.25, 0.3) is 0 Å². The third-order valence-electron chi connectivity index (χ3n) is 4.25. The summed E-state index contributed by atoms with van der Waals surface area (Å²) in [4.78, 5) is 25.1. The van der Waals surface area contributed by atoms with E-state index >= 15 is 0 Å². The van der Waals surface area contributed by atoms with Gasteiger partial charge in [0, 0.05) is 18.7 Å². The number of nitrogens with one attached hydrogen (secondary N) is 1. The van der Waals surface area contributed by atoms with Gasteiger partial charge in [0.1, 0.15) is 6.04 Å². The van der Waals surface area contributed by atoms with Crippen molar-refractivity contribution in [3.8, 4) is 0 Å². The van der Waals surface area contributed by atoms with Crippen molar-refractivity contribution in [3.63, 3.8) is 0 Å². The normalized spacial score (nSPS) is 21.2. The Balaban J connectivity index is 1.76. The number of aliphatic carboxylic acids is 1. The number of fused-ring (bicyclic) bond motifs is 1. The van der Waals surface area contributed by atoms with Crippen molar-refractivity contribution >= 4 is 17.7 Å². The zero-order valence-corrected chi connectivity index (χ0v) is 11.2. The molecule has 1 aliphatic heterocycles. The molecule has 1 aliphatic carbocycles. The number of anilines is 1. The summed E-state index contributed by atoms with van der Waals surface area (Å²) < 4.78 is 0. The number of amides is 2. The van der Waals surface area contributed by atoms with E-state index in [1.54, 1.807) is 6.07 Å². The van der Waals surface area contributed by atoms with Gasteiger partial charge in [-0.05, 0) is 30.4 Å². The summed E-state index contributed by atoms with van der Waals surface area (Å²) in [5.41, 5.74) is 1.63. The lowest BCUT2D eigenvalue weighted by Crippen LogP contribution is -2.49. The minimum atomic E-state index is -0.958. The van der Waals surface area contributed by atoms with Gasteiger partial charge in [-0.25, -0.2) is 9.59 Å². The second kappa shape index (κ2) is 5.15. The van der Waals surface area contributed by atoms with E-state index in [1.807, 2.05) is 18.2 Å². The van der Waals surface area contributed by atoms with Crippen molar-refractivity contribution in [3.05, 3.63) is 29.8 Å². The summed E-state index contributed by atoms with van der Waals surface area (Å²) in [6.45, 7) is 0.643. The molecule has 20 heavy (non-hydrogen) atoms. The topological polar surface area (TPSA) is 69.6 Å². The van der Waals surface area contributed by atoms with Gasteiger partial charge in [-0.1, -0.05) is 24.6 Å². The molecule has 1 aromatic rings. The molecule has 2 aliphatic rings. The first-order valence-corrected chi connectivity index (χ1v) is 7.04. The van der Waals surface area contributed by atoms with E-state index in [1.165, 1.54) is 11.3 Å². The van der Waals surface area contributed by atoms with Gasteiger partial charge in [-0.3, -0.25) is 4.90 Å². The molecule has 106 valence electrons. The Labute approximate surface area is 117 Å². The Hall–Kier alpha value is -2.04. The third kappa shape index (κ3) is 2.24. The van der Waals surface area contributed by atoms with Crippen molar-refractivity contribution in [2.45, 2.75) is 31.7 Å². The molecule has 0 radical (unpaired) electrons. The number of rotatable bonds is 3. The first-order valence-electron chi connectivity index (χ1n) is 7.04. The van der Waals surface area contributed by atoms with Crippen LogP contribution in [0, 0.1) is 5.92 Å². The fourth-order valence-electron chi connectivity index (χ4n) is 2.85. The molecule has 5 heteroatoms. The molecule has 0 bridgehead atoms. The molecular formula is C15H18N2O3. The molecule has 1 fully saturated rings. The third-order valence-corrected chi connectivity index (χ3v) is 4.25. The van der Waals surface area contributed by atoms with Crippen LogP contribution in [-0.4, -0.2) is 29.7 Å². The Morgan fingerprint density at radius 3 is 2.70 bits per heavy atom. The molecular weight excluding hydrogens is 256 g/mol. The number of carboxylic acids is 1. The molecule has 3 rings (SSSR count). The number of carbonyl (C=O) groups excluding carboxylic acids is 1. The van der Waals surface area contributed by atoms with Crippen molar-refractivity contribution in [2.24, 2.45) is 5.92 Å². The monoisotopic (exact) mass is 274 g/mol. The Morgan fingerprint density at radius 2 is 2.05 bits per heavy atom. The van der Waals surface area contributed by atoms with Gasteiger partial charge in [-0.15, -0.1) is 0 Å². The highest BCUT2D eigenvalue weighted by atomic mass is 16.4. The van der Waals surface area contributed by atoms with E-state index in [9.17, 15) is 14.7 Å². The molecule has 0 spiro atoms. The summed E-state index contributed by atoms with van der Waals surface area (Å²) in [7, 11) is 0. The summed E-state index contributed by atoms with van der Waals surface area (Å²) in [6.07, 6.45) is 3.91. The largest absolute Gasteiger partial charge is 0.480 e. The highest BCUT2D eigenvalue weighted by Gasteiger charge is 2.38. The summed E-state index contributed by atoms with van der Waals surface area (Å²) in [5.74, 6) is -0.403. The molecule has 1 atom stereocenters. The maximum Gasteiger partial charge on any atom is 0.327 e. The predicted molar refractivity (Wildman–Crippen MR) is 74.8 cm³/mol. The summed E-state index contributed by atoms with van der Waals surface area (Å²) in [6, 6.07) is 6.29. The lowest BCUT2D eigenvalue weighted by atomic mass is 9.85. The highest BCUT2D eigenvalue weighted by Crippen LogP contribution is 2.32. The molecule has 2 amide bonds. The van der Waals surface area contributed by atoms with E-state index < -0.39 is 12.0 Å². The van der Waals surface area contributed by atoms with Crippen molar-refractivity contribution < 1.29 is 14.7 Å². The number of para-hydroxylation sites is 1. The van der Waals surface area contributed by atoms with E-state index in [4.69, 9.17) is 0 Å². The SMILES string of the molecule is O=C(O)C1Cc2ccccc2N1C(=O)NCC1CCC1. The number of hydrogen-bond donors (Lipinski definition) is 2. The molecule has 2 N–H and O–H groups in total. The quantitative estimate of drug-likeness (QED) is 0.885. The fraction of sp³-hybridized carbons (Fsp3) is 0.467. The number of urea groups is 1. The van der Waals surface area contributed by atoms with E-state index in [2.05, 4.69) is 5.32 Å². The van der Waals surface area contributed by atoms with Crippen LogP contribution in [0.4, 0.5) is 10.5 Å². The number of nitrogens with zero attached hydrogens (tertiary/aromatic N) is 1. The summed E-state index contributed by atoms with van der Waals surface area (Å²) >= 11 is 0. The average molecular weight is 274 g/mol. The van der Waals surface area contributed by atoms with Crippen molar-refractivity contribution in [1.29, 1.82) is 0 Å². The number of benzene rings is 1. The Morgan fingerprint density at radius 1 is 1.30 bits per heavy atom. The van der Waals surface area contributed by atoms with Crippen LogP contribution < -0.4 is 10.2 Å². The van der Waals surface area contributed by atoms with Crippen LogP contribution in [0.3, 0.4) is 0 Å². The molecule has 1 unspecified atom stereocenters. The zero-order valence-electron chi connectivity index (χ0n) is 11.2. The first kappa shape index (κ1) is 13.0. The van der Waals surface area contributed by atoms with Gasteiger partial charge in [-0.2, -0.15) is 0 Å². The number of carboxylic acid groups (broad SMARTS) is 1. The van der Waals surface area contributed by atoms with E-state index in [0.29, 0.717) is 24.6 Å². The smallest absolute Gasteiger partial charge is 0.327 e. The van der Waals surface area contributed by atoms with Crippen molar-refractivity contribution in [1.82, 2.24) is 5.32 Å². The van der Waals surface area contributed by atoms with Gasteiger partial charge in [0.25, 0.3) is 0 Å². The van der Waals surface area contributed by atoms with E-state index in [-0.39, 0.29) is 6.03 Å². The highest BCUT2D eigenvalue weighted by molar-refractivity contribution is 6.01. The van der Waals surface area contributed by atoms with E-state index in [0.717, 1.165) is 18.4 Å². The van der Waals surface area contributed by atoms with Gasteiger partial charge in [0.05, 0.1) is 0 Å². The Kier molecular flexibility index (Phi) is 3.34. The van der Waals surface area contributed by atoms with Gasteiger partial charge >= 0.3 is 12.0 Å². The maximum absolute atomic E-state index is 12.3. The maximum atomic E-state index is 12.3. The molecule has 0 saturated heterocycles. The first-order chi connectivity index (χ1) is 9.66. The number of carbonyl (C=O) groups is 2.